The van der Waals surface area contributed by atoms with E-state index < -0.39 is 18.2 Å². The lowest BCUT2D eigenvalue weighted by atomic mass is 10.0. The summed E-state index contributed by atoms with van der Waals surface area (Å²) in [4.78, 5) is 12.5. The van der Waals surface area contributed by atoms with E-state index >= 15 is 0 Å². The molecule has 0 spiro atoms. The highest BCUT2D eigenvalue weighted by molar-refractivity contribution is 5.76. The number of nitrogens with one attached hydrogen (secondary N) is 1. The van der Waals surface area contributed by atoms with Crippen LogP contribution in [0, 0.1) is 0 Å². The van der Waals surface area contributed by atoms with Gasteiger partial charge in [-0.3, -0.25) is 4.79 Å². The Bertz CT molecular complexity index is 993. The van der Waals surface area contributed by atoms with Gasteiger partial charge in [0.15, 0.2) is 0 Å². The molecular formula is C59H113NO4. The lowest BCUT2D eigenvalue weighted by Crippen LogP contribution is -2.45. The minimum Gasteiger partial charge on any atom is -0.394 e. The average Bonchev–Trinajstić information content (AvgIpc) is 3.29. The molecule has 3 atom stereocenters. The third kappa shape index (κ3) is 50.0. The van der Waals surface area contributed by atoms with Crippen molar-refractivity contribution in [2.75, 3.05) is 6.61 Å². The summed E-state index contributed by atoms with van der Waals surface area (Å²) in [5.41, 5.74) is 0. The third-order valence-corrected chi connectivity index (χ3v) is 13.4. The number of aliphatic hydroxyl groups is 3. The summed E-state index contributed by atoms with van der Waals surface area (Å²) in [6.07, 6.45) is 70.5. The van der Waals surface area contributed by atoms with E-state index in [4.69, 9.17) is 0 Å². The predicted molar refractivity (Wildman–Crippen MR) is 282 cm³/mol. The number of hydrogen-bond acceptors (Lipinski definition) is 4. The normalized spacial score (nSPS) is 13.5. The molecule has 64 heavy (non-hydrogen) atoms. The maximum absolute atomic E-state index is 12.5. The number of unbranched alkanes of at least 4 members (excludes halogenated alkanes) is 40. The zero-order valence-corrected chi connectivity index (χ0v) is 43.2. The van der Waals surface area contributed by atoms with Gasteiger partial charge in [-0.15, -0.1) is 0 Å². The maximum Gasteiger partial charge on any atom is 0.222 e. The Labute approximate surface area is 400 Å². The Morgan fingerprint density at radius 3 is 1.03 bits per heavy atom. The number of amides is 1. The Hall–Kier alpha value is -1.43. The molecule has 0 aromatic rings. The van der Waals surface area contributed by atoms with Gasteiger partial charge in [-0.2, -0.15) is 0 Å². The van der Waals surface area contributed by atoms with Crippen LogP contribution in [0.2, 0.25) is 0 Å². The van der Waals surface area contributed by atoms with Crippen molar-refractivity contribution in [2.24, 2.45) is 0 Å². The van der Waals surface area contributed by atoms with Crippen LogP contribution in [0.15, 0.2) is 36.5 Å². The first-order valence-corrected chi connectivity index (χ1v) is 28.8. The summed E-state index contributed by atoms with van der Waals surface area (Å²) in [7, 11) is 0. The van der Waals surface area contributed by atoms with Gasteiger partial charge in [-0.05, 0) is 51.4 Å². The molecule has 0 radical (unpaired) electrons. The van der Waals surface area contributed by atoms with Crippen LogP contribution in [0.5, 0.6) is 0 Å². The van der Waals surface area contributed by atoms with Crippen LogP contribution in [0.3, 0.4) is 0 Å². The molecule has 5 heteroatoms. The van der Waals surface area contributed by atoms with Crippen LogP contribution in [-0.2, 0) is 4.79 Å². The second-order valence-electron chi connectivity index (χ2n) is 19.9. The Morgan fingerprint density at radius 2 is 0.703 bits per heavy atom. The molecule has 0 heterocycles. The van der Waals surface area contributed by atoms with Crippen LogP contribution >= 0.6 is 0 Å². The minimum atomic E-state index is -0.929. The van der Waals surface area contributed by atoms with E-state index in [9.17, 15) is 20.1 Å². The van der Waals surface area contributed by atoms with Crippen molar-refractivity contribution in [1.29, 1.82) is 0 Å². The summed E-state index contributed by atoms with van der Waals surface area (Å²) >= 11 is 0. The third-order valence-electron chi connectivity index (χ3n) is 13.4. The van der Waals surface area contributed by atoms with E-state index in [0.717, 1.165) is 32.1 Å². The van der Waals surface area contributed by atoms with Crippen LogP contribution in [-0.4, -0.2) is 46.1 Å². The highest BCUT2D eigenvalue weighted by atomic mass is 16.3. The van der Waals surface area contributed by atoms with E-state index in [1.807, 2.05) is 6.08 Å². The maximum atomic E-state index is 12.5. The Kier molecular flexibility index (Phi) is 53.0. The number of allylic oxidation sites excluding steroid dienone is 5. The first-order chi connectivity index (χ1) is 31.5. The smallest absolute Gasteiger partial charge is 0.222 e. The summed E-state index contributed by atoms with van der Waals surface area (Å²) in [6, 6.07) is -0.744. The molecule has 0 rings (SSSR count). The van der Waals surface area contributed by atoms with Gasteiger partial charge in [0.25, 0.3) is 0 Å². The number of carbonyl (C=O) groups excluding carboxylic acids is 1. The highest BCUT2D eigenvalue weighted by Crippen LogP contribution is 2.17. The average molecular weight is 901 g/mol. The molecular weight excluding hydrogens is 787 g/mol. The molecule has 4 N–H and O–H groups in total. The van der Waals surface area contributed by atoms with Gasteiger partial charge in [-0.1, -0.05) is 288 Å². The fourth-order valence-corrected chi connectivity index (χ4v) is 9.02. The van der Waals surface area contributed by atoms with Crippen molar-refractivity contribution in [3.63, 3.8) is 0 Å². The van der Waals surface area contributed by atoms with Gasteiger partial charge < -0.3 is 20.6 Å². The minimum absolute atomic E-state index is 0.0154. The molecule has 0 aliphatic carbocycles. The predicted octanol–water partition coefficient (Wildman–Crippen LogP) is 17.8. The monoisotopic (exact) mass is 900 g/mol. The second kappa shape index (κ2) is 54.2. The second-order valence-corrected chi connectivity index (χ2v) is 19.9. The van der Waals surface area contributed by atoms with E-state index in [2.05, 4.69) is 43.5 Å². The summed E-state index contributed by atoms with van der Waals surface area (Å²) < 4.78 is 0. The van der Waals surface area contributed by atoms with E-state index in [-0.39, 0.29) is 18.9 Å². The van der Waals surface area contributed by atoms with Crippen molar-refractivity contribution < 1.29 is 20.1 Å². The fourth-order valence-electron chi connectivity index (χ4n) is 9.02. The van der Waals surface area contributed by atoms with Crippen molar-refractivity contribution >= 4 is 5.91 Å². The number of hydrogen-bond donors (Lipinski definition) is 4. The summed E-state index contributed by atoms with van der Waals surface area (Å²) in [5, 5.41) is 33.5. The van der Waals surface area contributed by atoms with E-state index in [0.29, 0.717) is 6.42 Å². The fraction of sp³-hybridized carbons (Fsp3) is 0.881. The van der Waals surface area contributed by atoms with Crippen LogP contribution < -0.4 is 5.32 Å². The van der Waals surface area contributed by atoms with Gasteiger partial charge in [0.1, 0.15) is 0 Å². The van der Waals surface area contributed by atoms with Crippen molar-refractivity contribution in [3.05, 3.63) is 36.5 Å². The van der Waals surface area contributed by atoms with Crippen LogP contribution in [0.4, 0.5) is 0 Å². The van der Waals surface area contributed by atoms with Crippen LogP contribution in [0.1, 0.15) is 309 Å². The lowest BCUT2D eigenvalue weighted by molar-refractivity contribution is -0.124. The largest absolute Gasteiger partial charge is 0.394 e. The molecule has 0 aliphatic heterocycles. The zero-order valence-electron chi connectivity index (χ0n) is 43.2. The van der Waals surface area contributed by atoms with Gasteiger partial charge in [-0.25, -0.2) is 0 Å². The quantitative estimate of drug-likeness (QED) is 0.0362. The molecule has 0 saturated carbocycles. The standard InChI is InChI=1S/C59H113NO4/c1-3-5-7-9-11-13-15-17-19-21-23-24-25-26-27-28-29-30-31-32-33-34-35-36-38-40-42-44-46-48-50-52-56(62)54-59(64)60-57(55-61)58(63)53-51-49-47-45-43-41-39-37-22-20-18-16-14-12-10-8-6-4-2/h23-24,26-27,51,53,56-58,61-63H,3-22,25,28-50,52,54-55H2,1-2H3,(H,60,64)/b24-23-,27-26-,53-51+. The van der Waals surface area contributed by atoms with Gasteiger partial charge in [0.05, 0.1) is 31.3 Å². The first-order valence-electron chi connectivity index (χ1n) is 28.8. The molecule has 0 aliphatic rings. The summed E-state index contributed by atoms with van der Waals surface area (Å²) in [6.45, 7) is 4.24. The molecule has 378 valence electrons. The Balaban J connectivity index is 3.54. The van der Waals surface area contributed by atoms with Crippen LogP contribution in [0.25, 0.3) is 0 Å². The van der Waals surface area contributed by atoms with E-state index in [1.54, 1.807) is 6.08 Å². The first kappa shape index (κ1) is 62.6. The van der Waals surface area contributed by atoms with Crippen molar-refractivity contribution in [1.82, 2.24) is 5.32 Å². The van der Waals surface area contributed by atoms with Gasteiger partial charge in [0, 0.05) is 0 Å². The highest BCUT2D eigenvalue weighted by Gasteiger charge is 2.20. The van der Waals surface area contributed by atoms with E-state index in [1.165, 1.54) is 250 Å². The lowest BCUT2D eigenvalue weighted by Gasteiger charge is -2.21. The molecule has 5 nitrogen and oxygen atoms in total. The number of rotatable bonds is 53. The molecule has 1 amide bonds. The summed E-state index contributed by atoms with van der Waals surface area (Å²) in [5.74, 6) is -0.312. The Morgan fingerprint density at radius 1 is 0.406 bits per heavy atom. The SMILES string of the molecule is CCCCCCCCCCC/C=C\C/C=C\CCCCCCCCCCCCCCCCCC(O)CC(=O)NC(CO)C(O)/C=C/CCCCCCCCCCCCCCCCCC. The molecule has 0 bridgehead atoms. The van der Waals surface area contributed by atoms with Crippen molar-refractivity contribution in [2.45, 2.75) is 327 Å². The topological polar surface area (TPSA) is 89.8 Å². The molecule has 0 saturated heterocycles. The zero-order chi connectivity index (χ0) is 46.5. The van der Waals surface area contributed by atoms with Gasteiger partial charge in [0.2, 0.25) is 5.91 Å². The molecule has 0 fully saturated rings. The number of aliphatic hydroxyl groups excluding tert-OH is 3. The van der Waals surface area contributed by atoms with Crippen molar-refractivity contribution in [3.8, 4) is 0 Å². The number of carbonyl (C=O) groups is 1. The molecule has 3 unspecified atom stereocenters. The molecule has 0 aromatic carbocycles. The molecule has 0 aromatic heterocycles. The van der Waals surface area contributed by atoms with Gasteiger partial charge >= 0.3 is 0 Å².